The zero-order valence-electron chi connectivity index (χ0n) is 11.9. The molecule has 8 heteroatoms. The largest absolute Gasteiger partial charge is 0.481 e. The Morgan fingerprint density at radius 3 is 2.73 bits per heavy atom. The van der Waals surface area contributed by atoms with Crippen LogP contribution >= 0.6 is 11.3 Å². The Hall–Kier alpha value is -1.77. The summed E-state index contributed by atoms with van der Waals surface area (Å²) in [4.78, 5) is 15.7. The Labute approximate surface area is 132 Å². The number of carboxylic acid groups (broad SMARTS) is 1. The van der Waals surface area contributed by atoms with Crippen LogP contribution in [-0.4, -0.2) is 30.5 Å². The fraction of sp³-hybridized carbons (Fsp3) is 0.286. The highest BCUT2D eigenvalue weighted by molar-refractivity contribution is 7.91. The van der Waals surface area contributed by atoms with Crippen molar-refractivity contribution in [3.63, 3.8) is 0 Å². The quantitative estimate of drug-likeness (QED) is 0.806. The van der Waals surface area contributed by atoms with E-state index >= 15 is 0 Å². The molecule has 0 amide bonds. The SMILES string of the molecule is CC[C@@H](CC(=O)O)NS(=O)(=O)c1ccc(-c2ccccn2)s1. The van der Waals surface area contributed by atoms with Gasteiger partial charge in [0.05, 0.1) is 17.0 Å². The van der Waals surface area contributed by atoms with Crippen LogP contribution in [0.5, 0.6) is 0 Å². The van der Waals surface area contributed by atoms with Gasteiger partial charge in [0.25, 0.3) is 0 Å². The Balaban J connectivity index is 2.20. The fourth-order valence-electron chi connectivity index (χ4n) is 1.87. The van der Waals surface area contributed by atoms with Crippen molar-refractivity contribution in [2.75, 3.05) is 0 Å². The summed E-state index contributed by atoms with van der Waals surface area (Å²) >= 11 is 1.10. The van der Waals surface area contributed by atoms with E-state index in [-0.39, 0.29) is 10.6 Å². The van der Waals surface area contributed by atoms with Crippen LogP contribution in [0.3, 0.4) is 0 Å². The number of carbonyl (C=O) groups is 1. The van der Waals surface area contributed by atoms with Gasteiger partial charge in [0.2, 0.25) is 10.0 Å². The molecule has 0 radical (unpaired) electrons. The monoisotopic (exact) mass is 340 g/mol. The first kappa shape index (κ1) is 16.6. The highest BCUT2D eigenvalue weighted by Gasteiger charge is 2.22. The Kier molecular flexibility index (Phi) is 5.28. The molecule has 0 bridgehead atoms. The van der Waals surface area contributed by atoms with Crippen LogP contribution in [-0.2, 0) is 14.8 Å². The molecule has 22 heavy (non-hydrogen) atoms. The van der Waals surface area contributed by atoms with Crippen LogP contribution in [0, 0.1) is 0 Å². The number of rotatable bonds is 7. The van der Waals surface area contributed by atoms with Gasteiger partial charge in [0.15, 0.2) is 0 Å². The summed E-state index contributed by atoms with van der Waals surface area (Å²) in [5.41, 5.74) is 0.700. The second kappa shape index (κ2) is 6.99. The van der Waals surface area contributed by atoms with Crippen molar-refractivity contribution in [2.24, 2.45) is 0 Å². The van der Waals surface area contributed by atoms with Crippen molar-refractivity contribution in [3.05, 3.63) is 36.5 Å². The summed E-state index contributed by atoms with van der Waals surface area (Å²) in [7, 11) is -3.73. The van der Waals surface area contributed by atoms with E-state index in [0.29, 0.717) is 12.1 Å². The Morgan fingerprint density at radius 1 is 1.36 bits per heavy atom. The minimum atomic E-state index is -3.73. The number of pyridine rings is 1. The molecule has 0 spiro atoms. The number of thiophene rings is 1. The Bertz CT molecular complexity index is 741. The molecular formula is C14H16N2O4S2. The van der Waals surface area contributed by atoms with Crippen LogP contribution in [0.2, 0.25) is 0 Å². The van der Waals surface area contributed by atoms with Crippen molar-refractivity contribution in [2.45, 2.75) is 30.0 Å². The van der Waals surface area contributed by atoms with E-state index in [2.05, 4.69) is 9.71 Å². The summed E-state index contributed by atoms with van der Waals surface area (Å²) in [5, 5.41) is 8.79. The lowest BCUT2D eigenvalue weighted by Crippen LogP contribution is -2.35. The molecule has 2 aromatic rings. The predicted molar refractivity (Wildman–Crippen MR) is 84.2 cm³/mol. The smallest absolute Gasteiger partial charge is 0.304 e. The Morgan fingerprint density at radius 2 is 2.14 bits per heavy atom. The minimum Gasteiger partial charge on any atom is -0.481 e. The molecule has 2 rings (SSSR count). The number of hydrogen-bond acceptors (Lipinski definition) is 5. The third-order valence-electron chi connectivity index (χ3n) is 3.00. The summed E-state index contributed by atoms with van der Waals surface area (Å²) in [5.74, 6) is -1.03. The molecule has 0 saturated carbocycles. The zero-order chi connectivity index (χ0) is 16.2. The second-order valence-electron chi connectivity index (χ2n) is 4.66. The molecule has 118 valence electrons. The second-order valence-corrected chi connectivity index (χ2v) is 7.68. The topological polar surface area (TPSA) is 96.4 Å². The predicted octanol–water partition coefficient (Wildman–Crippen LogP) is 2.34. The summed E-state index contributed by atoms with van der Waals surface area (Å²) < 4.78 is 27.2. The molecule has 0 saturated heterocycles. The number of nitrogens with one attached hydrogen (secondary N) is 1. The van der Waals surface area contributed by atoms with Gasteiger partial charge in [0.1, 0.15) is 4.21 Å². The maximum Gasteiger partial charge on any atom is 0.304 e. The first-order valence-corrected chi connectivity index (χ1v) is 8.97. The molecule has 0 unspecified atom stereocenters. The number of carboxylic acids is 1. The van der Waals surface area contributed by atoms with E-state index in [9.17, 15) is 13.2 Å². The summed E-state index contributed by atoms with van der Waals surface area (Å²) in [6.45, 7) is 1.74. The maximum atomic E-state index is 12.3. The molecule has 2 heterocycles. The number of hydrogen-bond donors (Lipinski definition) is 2. The fourth-order valence-corrected chi connectivity index (χ4v) is 4.49. The first-order chi connectivity index (χ1) is 10.4. The molecular weight excluding hydrogens is 324 g/mol. The molecule has 0 aliphatic rings. The normalized spacial score (nSPS) is 13.0. The number of nitrogens with zero attached hydrogens (tertiary/aromatic N) is 1. The van der Waals surface area contributed by atoms with Gasteiger partial charge in [-0.3, -0.25) is 9.78 Å². The van der Waals surface area contributed by atoms with Gasteiger partial charge in [-0.2, -0.15) is 0 Å². The standard InChI is InChI=1S/C14H16N2O4S2/c1-2-10(9-13(17)18)16-22(19,20)14-7-6-12(21-14)11-5-3-4-8-15-11/h3-8,10,16H,2,9H2,1H3,(H,17,18)/t10-/m0/s1. The lowest BCUT2D eigenvalue weighted by molar-refractivity contribution is -0.137. The molecule has 0 fully saturated rings. The molecule has 0 aromatic carbocycles. The van der Waals surface area contributed by atoms with Crippen molar-refractivity contribution in [3.8, 4) is 10.6 Å². The van der Waals surface area contributed by atoms with Crippen LogP contribution in [0.25, 0.3) is 10.6 Å². The highest BCUT2D eigenvalue weighted by atomic mass is 32.2. The lowest BCUT2D eigenvalue weighted by Gasteiger charge is -2.13. The van der Waals surface area contributed by atoms with E-state index < -0.39 is 22.0 Å². The van der Waals surface area contributed by atoms with Gasteiger partial charge in [-0.15, -0.1) is 11.3 Å². The van der Waals surface area contributed by atoms with Crippen molar-refractivity contribution < 1.29 is 18.3 Å². The highest BCUT2D eigenvalue weighted by Crippen LogP contribution is 2.29. The molecule has 0 aliphatic heterocycles. The zero-order valence-corrected chi connectivity index (χ0v) is 13.5. The molecule has 0 aliphatic carbocycles. The van der Waals surface area contributed by atoms with E-state index in [1.807, 2.05) is 6.07 Å². The number of sulfonamides is 1. The van der Waals surface area contributed by atoms with E-state index in [1.165, 1.54) is 6.07 Å². The van der Waals surface area contributed by atoms with Gasteiger partial charge in [-0.05, 0) is 30.7 Å². The van der Waals surface area contributed by atoms with Gasteiger partial charge >= 0.3 is 5.97 Å². The van der Waals surface area contributed by atoms with Crippen molar-refractivity contribution in [1.82, 2.24) is 9.71 Å². The van der Waals surface area contributed by atoms with Gasteiger partial charge in [-0.1, -0.05) is 13.0 Å². The van der Waals surface area contributed by atoms with Crippen molar-refractivity contribution in [1.29, 1.82) is 0 Å². The van der Waals surface area contributed by atoms with Crippen molar-refractivity contribution >= 4 is 27.3 Å². The number of aromatic nitrogens is 1. The third-order valence-corrected chi connectivity index (χ3v) is 6.12. The molecule has 2 N–H and O–H groups in total. The van der Waals surface area contributed by atoms with E-state index in [1.54, 1.807) is 31.3 Å². The third kappa shape index (κ3) is 4.12. The number of aliphatic carboxylic acids is 1. The molecule has 1 atom stereocenters. The summed E-state index contributed by atoms with van der Waals surface area (Å²) in [6.07, 6.45) is 1.81. The van der Waals surface area contributed by atoms with Crippen LogP contribution in [0.1, 0.15) is 19.8 Å². The van der Waals surface area contributed by atoms with Gasteiger partial charge in [-0.25, -0.2) is 13.1 Å². The molecule has 6 nitrogen and oxygen atoms in total. The van der Waals surface area contributed by atoms with Gasteiger partial charge < -0.3 is 5.11 Å². The van der Waals surface area contributed by atoms with Crippen LogP contribution < -0.4 is 4.72 Å². The van der Waals surface area contributed by atoms with E-state index in [4.69, 9.17) is 5.11 Å². The average molecular weight is 340 g/mol. The first-order valence-electron chi connectivity index (χ1n) is 6.67. The average Bonchev–Trinajstić information content (AvgIpc) is 2.97. The van der Waals surface area contributed by atoms with Crippen LogP contribution in [0.4, 0.5) is 0 Å². The summed E-state index contributed by atoms with van der Waals surface area (Å²) in [6, 6.07) is 7.99. The minimum absolute atomic E-state index is 0.150. The molecule has 2 aromatic heterocycles. The van der Waals surface area contributed by atoms with Crippen LogP contribution in [0.15, 0.2) is 40.7 Å². The lowest BCUT2D eigenvalue weighted by atomic mass is 10.2. The van der Waals surface area contributed by atoms with Gasteiger partial charge in [0, 0.05) is 12.2 Å². The van der Waals surface area contributed by atoms with E-state index in [0.717, 1.165) is 16.2 Å². The maximum absolute atomic E-state index is 12.3.